The van der Waals surface area contributed by atoms with Crippen molar-refractivity contribution in [1.29, 1.82) is 0 Å². The molecule has 0 aliphatic carbocycles. The van der Waals surface area contributed by atoms with Gasteiger partial charge in [0.05, 0.1) is 23.9 Å². The Morgan fingerprint density at radius 3 is 2.67 bits per heavy atom. The average Bonchev–Trinajstić information content (AvgIpc) is 3.00. The van der Waals surface area contributed by atoms with E-state index in [1.165, 1.54) is 22.3 Å². The monoisotopic (exact) mass is 399 g/mol. The molecule has 2 aliphatic heterocycles. The number of Topliss-reactive ketones (excluding diaryl/α,β-unsaturated/α-hetero) is 1. The normalized spacial score (nSPS) is 19.3. The van der Waals surface area contributed by atoms with E-state index in [-0.39, 0.29) is 22.6 Å². The van der Waals surface area contributed by atoms with Gasteiger partial charge in [0.1, 0.15) is 12.4 Å². The Kier molecular flexibility index (Phi) is 5.74. The number of carbonyl (C=O) groups is 2. The van der Waals surface area contributed by atoms with Crippen molar-refractivity contribution in [2.24, 2.45) is 0 Å². The molecule has 0 spiro atoms. The molecular formula is C21H21NO3S2. The van der Waals surface area contributed by atoms with Crippen molar-refractivity contribution in [3.05, 3.63) is 54.1 Å². The first-order valence-electron chi connectivity index (χ1n) is 9.10. The average molecular weight is 400 g/mol. The van der Waals surface area contributed by atoms with Gasteiger partial charge in [0.25, 0.3) is 0 Å². The number of hydrogen-bond acceptors (Lipinski definition) is 6. The van der Waals surface area contributed by atoms with Crippen LogP contribution in [0.1, 0.15) is 12.0 Å². The van der Waals surface area contributed by atoms with E-state index in [0.29, 0.717) is 13.0 Å². The van der Waals surface area contributed by atoms with Gasteiger partial charge < -0.3 is 9.64 Å². The highest BCUT2D eigenvalue weighted by molar-refractivity contribution is 8.15. The summed E-state index contributed by atoms with van der Waals surface area (Å²) >= 11 is 3.08. The van der Waals surface area contributed by atoms with Gasteiger partial charge in [-0.05, 0) is 36.2 Å². The van der Waals surface area contributed by atoms with Crippen molar-refractivity contribution < 1.29 is 14.3 Å². The fourth-order valence-electron chi connectivity index (χ4n) is 3.35. The minimum Gasteiger partial charge on any atom is -0.492 e. The zero-order valence-corrected chi connectivity index (χ0v) is 16.6. The third-order valence-corrected chi connectivity index (χ3v) is 6.91. The van der Waals surface area contributed by atoms with Crippen LogP contribution in [0.15, 0.2) is 53.4 Å². The highest BCUT2D eigenvalue weighted by Gasteiger charge is 2.31. The topological polar surface area (TPSA) is 46.6 Å². The molecule has 27 heavy (non-hydrogen) atoms. The van der Waals surface area contributed by atoms with Crippen molar-refractivity contribution in [3.8, 4) is 5.75 Å². The fraction of sp³-hybridized carbons (Fsp3) is 0.333. The number of thioether (sulfide) groups is 2. The summed E-state index contributed by atoms with van der Waals surface area (Å²) < 4.78 is 5.91. The number of benzene rings is 2. The second-order valence-corrected chi connectivity index (χ2v) is 9.02. The Bertz CT molecular complexity index is 838. The number of rotatable bonds is 6. The van der Waals surface area contributed by atoms with Crippen LogP contribution in [0.5, 0.6) is 5.75 Å². The SMILES string of the molecule is O=C1CC(=O)C(Cc2ccc(OCCN3CCSc4ccccc43)cc2)S1. The Balaban J connectivity index is 1.28. The Hall–Kier alpha value is -1.92. The molecule has 0 saturated carbocycles. The van der Waals surface area contributed by atoms with Crippen molar-refractivity contribution in [2.75, 3.05) is 30.3 Å². The summed E-state index contributed by atoms with van der Waals surface area (Å²) in [6.07, 6.45) is 0.687. The number of para-hydroxylation sites is 1. The number of anilines is 1. The second kappa shape index (κ2) is 8.40. The Morgan fingerprint density at radius 2 is 1.89 bits per heavy atom. The third kappa shape index (κ3) is 4.50. The lowest BCUT2D eigenvalue weighted by Crippen LogP contribution is -2.33. The molecule has 2 aliphatic rings. The quantitative estimate of drug-likeness (QED) is 0.688. The summed E-state index contributed by atoms with van der Waals surface area (Å²) in [6.45, 7) is 2.52. The van der Waals surface area contributed by atoms with Crippen LogP contribution in [0, 0.1) is 0 Å². The minimum absolute atomic E-state index is 0.0114. The zero-order chi connectivity index (χ0) is 18.6. The van der Waals surface area contributed by atoms with Crippen LogP contribution in [0.2, 0.25) is 0 Å². The maximum Gasteiger partial charge on any atom is 0.197 e. The van der Waals surface area contributed by atoms with Gasteiger partial charge >= 0.3 is 0 Å². The van der Waals surface area contributed by atoms with Crippen LogP contribution in [-0.4, -0.2) is 41.6 Å². The molecule has 2 aromatic carbocycles. The fourth-order valence-corrected chi connectivity index (χ4v) is 5.43. The van der Waals surface area contributed by atoms with Gasteiger partial charge in [0, 0.05) is 17.2 Å². The molecule has 2 aromatic rings. The van der Waals surface area contributed by atoms with Crippen LogP contribution in [0.3, 0.4) is 0 Å². The lowest BCUT2D eigenvalue weighted by molar-refractivity contribution is -0.121. The summed E-state index contributed by atoms with van der Waals surface area (Å²) in [4.78, 5) is 26.8. The molecule has 6 heteroatoms. The van der Waals surface area contributed by atoms with Crippen molar-refractivity contribution in [2.45, 2.75) is 23.0 Å². The smallest absolute Gasteiger partial charge is 0.197 e. The number of ketones is 1. The number of ether oxygens (including phenoxy) is 1. The Labute approximate surface area is 167 Å². The van der Waals surface area contributed by atoms with E-state index in [0.717, 1.165) is 30.2 Å². The van der Waals surface area contributed by atoms with Gasteiger partial charge in [-0.1, -0.05) is 36.0 Å². The second-order valence-electron chi connectivity index (χ2n) is 6.62. The molecule has 2 heterocycles. The maximum atomic E-state index is 11.8. The standard InChI is InChI=1S/C21H21NO3S2/c23-18-14-21(24)27-20(18)13-15-5-7-16(8-6-15)25-11-9-22-10-12-26-19-4-2-1-3-17(19)22/h1-8,20H,9-14H2. The molecule has 4 nitrogen and oxygen atoms in total. The van der Waals surface area contributed by atoms with Crippen LogP contribution in [0.4, 0.5) is 5.69 Å². The van der Waals surface area contributed by atoms with Crippen LogP contribution in [-0.2, 0) is 16.0 Å². The van der Waals surface area contributed by atoms with Gasteiger partial charge in [-0.3, -0.25) is 9.59 Å². The lowest BCUT2D eigenvalue weighted by Gasteiger charge is -2.30. The van der Waals surface area contributed by atoms with Crippen LogP contribution in [0.25, 0.3) is 0 Å². The molecule has 0 N–H and O–H groups in total. The van der Waals surface area contributed by atoms with Crippen molar-refractivity contribution in [3.63, 3.8) is 0 Å². The number of nitrogens with zero attached hydrogens (tertiary/aromatic N) is 1. The van der Waals surface area contributed by atoms with E-state index in [1.54, 1.807) is 0 Å². The number of fused-ring (bicyclic) bond motifs is 1. The minimum atomic E-state index is -0.221. The maximum absolute atomic E-state index is 11.8. The van der Waals surface area contributed by atoms with E-state index >= 15 is 0 Å². The number of carbonyl (C=O) groups excluding carboxylic acids is 2. The van der Waals surface area contributed by atoms with E-state index < -0.39 is 0 Å². The van der Waals surface area contributed by atoms with Gasteiger partial charge in [-0.2, -0.15) is 0 Å². The molecule has 0 bridgehead atoms. The van der Waals surface area contributed by atoms with Crippen LogP contribution < -0.4 is 9.64 Å². The van der Waals surface area contributed by atoms with Crippen molar-refractivity contribution >= 4 is 40.1 Å². The van der Waals surface area contributed by atoms with Gasteiger partial charge in [-0.15, -0.1) is 11.8 Å². The molecule has 0 radical (unpaired) electrons. The first-order chi connectivity index (χ1) is 13.2. The molecule has 1 atom stereocenters. The van der Waals surface area contributed by atoms with Gasteiger partial charge in [0.2, 0.25) is 0 Å². The first kappa shape index (κ1) is 18.4. The molecule has 140 valence electrons. The van der Waals surface area contributed by atoms with Gasteiger partial charge in [0.15, 0.2) is 10.9 Å². The molecule has 4 rings (SSSR count). The molecule has 1 unspecified atom stereocenters. The largest absolute Gasteiger partial charge is 0.492 e. The molecule has 0 amide bonds. The molecule has 1 saturated heterocycles. The number of hydrogen-bond donors (Lipinski definition) is 0. The predicted molar refractivity (Wildman–Crippen MR) is 111 cm³/mol. The molecule has 0 aromatic heterocycles. The molecule has 1 fully saturated rings. The van der Waals surface area contributed by atoms with Gasteiger partial charge in [-0.25, -0.2) is 0 Å². The zero-order valence-electron chi connectivity index (χ0n) is 14.9. The van der Waals surface area contributed by atoms with Crippen LogP contribution >= 0.6 is 23.5 Å². The first-order valence-corrected chi connectivity index (χ1v) is 11.0. The third-order valence-electron chi connectivity index (χ3n) is 4.75. The lowest BCUT2D eigenvalue weighted by atomic mass is 10.1. The van der Waals surface area contributed by atoms with E-state index in [2.05, 4.69) is 29.2 Å². The Morgan fingerprint density at radius 1 is 1.07 bits per heavy atom. The molecular weight excluding hydrogens is 378 g/mol. The summed E-state index contributed by atoms with van der Waals surface area (Å²) in [5.74, 6) is 1.98. The van der Waals surface area contributed by atoms with E-state index in [9.17, 15) is 9.59 Å². The summed E-state index contributed by atoms with van der Waals surface area (Å²) in [7, 11) is 0. The van der Waals surface area contributed by atoms with E-state index in [1.807, 2.05) is 36.0 Å². The highest BCUT2D eigenvalue weighted by Crippen LogP contribution is 2.34. The highest BCUT2D eigenvalue weighted by atomic mass is 32.2. The van der Waals surface area contributed by atoms with Crippen molar-refractivity contribution in [1.82, 2.24) is 0 Å². The summed E-state index contributed by atoms with van der Waals surface area (Å²) in [6, 6.07) is 16.4. The summed E-state index contributed by atoms with van der Waals surface area (Å²) in [5.41, 5.74) is 2.35. The van der Waals surface area contributed by atoms with E-state index in [4.69, 9.17) is 4.74 Å². The predicted octanol–water partition coefficient (Wildman–Crippen LogP) is 3.82. The summed E-state index contributed by atoms with van der Waals surface area (Å²) in [5, 5.41) is -0.232.